The summed E-state index contributed by atoms with van der Waals surface area (Å²) in [5, 5.41) is 3.17. The van der Waals surface area contributed by atoms with Crippen molar-refractivity contribution >= 4 is 16.0 Å². The number of aliphatic imine (C=N–C) groups is 1. The molecule has 1 aliphatic rings. The van der Waals surface area contributed by atoms with Crippen LogP contribution in [-0.2, 0) is 14.8 Å². The predicted octanol–water partition coefficient (Wildman–Crippen LogP) is 1.52. The second-order valence-corrected chi connectivity index (χ2v) is 8.82. The SMILES string of the molecule is CN=C(NCCNS(=O)(=O)c1cc(C)ccc1C)N(C)CCOCC1CC1. The minimum absolute atomic E-state index is 0.279. The zero-order valence-electron chi connectivity index (χ0n) is 16.8. The van der Waals surface area contributed by atoms with Crippen LogP contribution in [0.4, 0.5) is 0 Å². The van der Waals surface area contributed by atoms with Crippen LogP contribution in [0.3, 0.4) is 0 Å². The van der Waals surface area contributed by atoms with Gasteiger partial charge in [-0.2, -0.15) is 0 Å². The van der Waals surface area contributed by atoms with Crippen molar-refractivity contribution in [2.45, 2.75) is 31.6 Å². The number of guanidine groups is 1. The average molecular weight is 397 g/mol. The molecule has 0 spiro atoms. The fraction of sp³-hybridized carbons (Fsp3) is 0.632. The van der Waals surface area contributed by atoms with Crippen LogP contribution in [0, 0.1) is 19.8 Å². The van der Waals surface area contributed by atoms with Gasteiger partial charge in [0, 0.05) is 40.3 Å². The van der Waals surface area contributed by atoms with Gasteiger partial charge in [0.1, 0.15) is 0 Å². The van der Waals surface area contributed by atoms with Gasteiger partial charge in [-0.05, 0) is 49.8 Å². The Bertz CT molecular complexity index is 745. The summed E-state index contributed by atoms with van der Waals surface area (Å²) in [7, 11) is 0.131. The minimum Gasteiger partial charge on any atom is -0.379 e. The van der Waals surface area contributed by atoms with Gasteiger partial charge >= 0.3 is 0 Å². The van der Waals surface area contributed by atoms with E-state index in [1.165, 1.54) is 12.8 Å². The van der Waals surface area contributed by atoms with Gasteiger partial charge < -0.3 is 15.0 Å². The Kier molecular flexibility index (Phi) is 8.07. The zero-order chi connectivity index (χ0) is 19.9. The van der Waals surface area contributed by atoms with Crippen molar-refractivity contribution < 1.29 is 13.2 Å². The molecule has 0 atom stereocenters. The predicted molar refractivity (Wildman–Crippen MR) is 109 cm³/mol. The molecule has 1 aromatic rings. The van der Waals surface area contributed by atoms with Gasteiger partial charge in [0.2, 0.25) is 10.0 Å². The van der Waals surface area contributed by atoms with E-state index >= 15 is 0 Å². The van der Waals surface area contributed by atoms with E-state index in [0.29, 0.717) is 18.0 Å². The fourth-order valence-corrected chi connectivity index (χ4v) is 4.02. The number of sulfonamides is 1. The molecule has 1 aliphatic carbocycles. The molecule has 7 nitrogen and oxygen atoms in total. The second-order valence-electron chi connectivity index (χ2n) is 7.08. The van der Waals surface area contributed by atoms with E-state index in [0.717, 1.165) is 36.2 Å². The molecule has 0 unspecified atom stereocenters. The quantitative estimate of drug-likeness (QED) is 0.356. The van der Waals surface area contributed by atoms with E-state index in [1.54, 1.807) is 20.0 Å². The highest BCUT2D eigenvalue weighted by molar-refractivity contribution is 7.89. The highest BCUT2D eigenvalue weighted by Gasteiger charge is 2.21. The average Bonchev–Trinajstić information content (AvgIpc) is 3.45. The maximum Gasteiger partial charge on any atom is 0.240 e. The largest absolute Gasteiger partial charge is 0.379 e. The lowest BCUT2D eigenvalue weighted by Crippen LogP contribution is -2.43. The Morgan fingerprint density at radius 2 is 2.04 bits per heavy atom. The molecular weight excluding hydrogens is 364 g/mol. The topological polar surface area (TPSA) is 83.0 Å². The minimum atomic E-state index is -3.52. The molecular formula is C19H32N4O3S. The first kappa shape index (κ1) is 21.7. The molecule has 8 heteroatoms. The van der Waals surface area contributed by atoms with Gasteiger partial charge in [-0.1, -0.05) is 12.1 Å². The number of hydrogen-bond donors (Lipinski definition) is 2. The van der Waals surface area contributed by atoms with Gasteiger partial charge in [-0.15, -0.1) is 0 Å². The van der Waals surface area contributed by atoms with Crippen molar-refractivity contribution in [3.63, 3.8) is 0 Å². The van der Waals surface area contributed by atoms with Crippen LogP contribution in [0.1, 0.15) is 24.0 Å². The number of nitrogens with zero attached hydrogens (tertiary/aromatic N) is 2. The molecule has 1 saturated carbocycles. The molecule has 2 rings (SSSR count). The lowest BCUT2D eigenvalue weighted by molar-refractivity contribution is 0.115. The van der Waals surface area contributed by atoms with Crippen LogP contribution in [0.25, 0.3) is 0 Å². The van der Waals surface area contributed by atoms with Crippen LogP contribution >= 0.6 is 0 Å². The van der Waals surface area contributed by atoms with Crippen molar-refractivity contribution in [1.82, 2.24) is 14.9 Å². The number of nitrogens with one attached hydrogen (secondary N) is 2. The molecule has 1 fully saturated rings. The first-order valence-electron chi connectivity index (χ1n) is 9.40. The lowest BCUT2D eigenvalue weighted by atomic mass is 10.2. The third kappa shape index (κ3) is 7.12. The highest BCUT2D eigenvalue weighted by Crippen LogP contribution is 2.28. The summed E-state index contributed by atoms with van der Waals surface area (Å²) in [5.74, 6) is 1.48. The molecule has 0 radical (unpaired) electrons. The summed E-state index contributed by atoms with van der Waals surface area (Å²) in [4.78, 5) is 6.54. The molecule has 152 valence electrons. The van der Waals surface area contributed by atoms with Crippen LogP contribution in [0.5, 0.6) is 0 Å². The highest BCUT2D eigenvalue weighted by atomic mass is 32.2. The van der Waals surface area contributed by atoms with Crippen molar-refractivity contribution in [3.8, 4) is 0 Å². The third-order valence-corrected chi connectivity index (χ3v) is 6.13. The lowest BCUT2D eigenvalue weighted by Gasteiger charge is -2.22. The van der Waals surface area contributed by atoms with E-state index in [-0.39, 0.29) is 6.54 Å². The Labute approximate surface area is 163 Å². The summed E-state index contributed by atoms with van der Waals surface area (Å²) in [6.45, 7) is 6.65. The summed E-state index contributed by atoms with van der Waals surface area (Å²) >= 11 is 0. The normalized spacial score (nSPS) is 15.0. The Morgan fingerprint density at radius 3 is 2.70 bits per heavy atom. The summed E-state index contributed by atoms with van der Waals surface area (Å²) < 4.78 is 33.3. The first-order valence-corrected chi connectivity index (χ1v) is 10.9. The number of aryl methyl sites for hydroxylation is 2. The van der Waals surface area contributed by atoms with E-state index in [4.69, 9.17) is 4.74 Å². The molecule has 0 saturated heterocycles. The van der Waals surface area contributed by atoms with E-state index in [2.05, 4.69) is 15.0 Å². The molecule has 0 aliphatic heterocycles. The molecule has 27 heavy (non-hydrogen) atoms. The Balaban J connectivity index is 1.73. The van der Waals surface area contributed by atoms with Gasteiger partial charge in [0.05, 0.1) is 11.5 Å². The van der Waals surface area contributed by atoms with Crippen molar-refractivity contribution in [1.29, 1.82) is 0 Å². The van der Waals surface area contributed by atoms with Crippen LogP contribution in [-0.4, -0.2) is 66.2 Å². The van der Waals surface area contributed by atoms with Crippen LogP contribution in [0.15, 0.2) is 28.1 Å². The Morgan fingerprint density at radius 1 is 1.30 bits per heavy atom. The number of hydrogen-bond acceptors (Lipinski definition) is 4. The molecule has 0 aromatic heterocycles. The van der Waals surface area contributed by atoms with E-state index in [1.807, 2.05) is 31.0 Å². The van der Waals surface area contributed by atoms with E-state index < -0.39 is 10.0 Å². The molecule has 0 amide bonds. The van der Waals surface area contributed by atoms with Crippen molar-refractivity contribution in [2.24, 2.45) is 10.9 Å². The number of likely N-dealkylation sites (N-methyl/N-ethyl adjacent to an activating group) is 1. The standard InChI is InChI=1S/C19H32N4O3S/c1-15-5-6-16(2)18(13-15)27(24,25)22-10-9-21-19(20-3)23(4)11-12-26-14-17-7-8-17/h5-6,13,17,22H,7-12,14H2,1-4H3,(H,20,21). The van der Waals surface area contributed by atoms with Crippen molar-refractivity contribution in [3.05, 3.63) is 29.3 Å². The van der Waals surface area contributed by atoms with Gasteiger partial charge in [0.25, 0.3) is 0 Å². The van der Waals surface area contributed by atoms with Crippen LogP contribution in [0.2, 0.25) is 0 Å². The number of benzene rings is 1. The molecule has 0 bridgehead atoms. The van der Waals surface area contributed by atoms with E-state index in [9.17, 15) is 8.42 Å². The summed E-state index contributed by atoms with van der Waals surface area (Å²) in [5.41, 5.74) is 1.66. The monoisotopic (exact) mass is 396 g/mol. The Hall–Kier alpha value is -1.64. The number of ether oxygens (including phenoxy) is 1. The maximum absolute atomic E-state index is 12.5. The van der Waals surface area contributed by atoms with Gasteiger partial charge in [-0.25, -0.2) is 13.1 Å². The first-order chi connectivity index (χ1) is 12.8. The summed E-state index contributed by atoms with van der Waals surface area (Å²) in [6.07, 6.45) is 2.58. The second kappa shape index (κ2) is 10.1. The summed E-state index contributed by atoms with van der Waals surface area (Å²) in [6, 6.07) is 5.42. The number of rotatable bonds is 10. The smallest absolute Gasteiger partial charge is 0.240 e. The molecule has 1 aromatic carbocycles. The molecule has 0 heterocycles. The van der Waals surface area contributed by atoms with Gasteiger partial charge in [0.15, 0.2) is 5.96 Å². The van der Waals surface area contributed by atoms with Crippen LogP contribution < -0.4 is 10.0 Å². The fourth-order valence-electron chi connectivity index (χ4n) is 2.66. The van der Waals surface area contributed by atoms with Crippen molar-refractivity contribution in [2.75, 3.05) is 46.9 Å². The maximum atomic E-state index is 12.5. The van der Waals surface area contributed by atoms with Gasteiger partial charge in [-0.3, -0.25) is 4.99 Å². The zero-order valence-corrected chi connectivity index (χ0v) is 17.6. The third-order valence-electron chi connectivity index (χ3n) is 4.53. The molecule has 2 N–H and O–H groups in total.